The van der Waals surface area contributed by atoms with Gasteiger partial charge >= 0.3 is 0 Å². The molecule has 1 aliphatic rings. The van der Waals surface area contributed by atoms with Crippen LogP contribution in [0.3, 0.4) is 0 Å². The average Bonchev–Trinajstić information content (AvgIpc) is 2.94. The summed E-state index contributed by atoms with van der Waals surface area (Å²) in [7, 11) is 0. The Morgan fingerprint density at radius 3 is 2.88 bits per heavy atom. The van der Waals surface area contributed by atoms with E-state index in [1.54, 1.807) is 6.07 Å². The van der Waals surface area contributed by atoms with Gasteiger partial charge in [0.1, 0.15) is 4.88 Å². The highest BCUT2D eigenvalue weighted by molar-refractivity contribution is 7.12. The van der Waals surface area contributed by atoms with Crippen molar-refractivity contribution in [2.75, 3.05) is 17.2 Å². The molecule has 2 heterocycles. The van der Waals surface area contributed by atoms with E-state index >= 15 is 0 Å². The number of anilines is 2. The van der Waals surface area contributed by atoms with Crippen LogP contribution in [0.2, 0.25) is 0 Å². The molecular formula is C13H12N2OS. The standard InChI is InChI=1S/C13H12N2OS/c14-10-6-8-17-12(10)13(16)15-7-5-9-3-1-2-4-11(9)15/h1-4,6,8H,5,7,14H2. The third-order valence-corrected chi connectivity index (χ3v) is 3.94. The van der Waals surface area contributed by atoms with E-state index in [1.165, 1.54) is 16.9 Å². The highest BCUT2D eigenvalue weighted by Crippen LogP contribution is 2.31. The number of hydrogen-bond acceptors (Lipinski definition) is 3. The third kappa shape index (κ3) is 1.61. The Hall–Kier alpha value is -1.81. The fourth-order valence-electron chi connectivity index (χ4n) is 2.16. The fraction of sp³-hybridized carbons (Fsp3) is 0.154. The summed E-state index contributed by atoms with van der Waals surface area (Å²) in [5.41, 5.74) is 8.62. The van der Waals surface area contributed by atoms with Crippen molar-refractivity contribution >= 4 is 28.6 Å². The number of nitrogen functional groups attached to an aromatic ring is 1. The lowest BCUT2D eigenvalue weighted by atomic mass is 10.2. The van der Waals surface area contributed by atoms with Crippen molar-refractivity contribution in [1.82, 2.24) is 0 Å². The van der Waals surface area contributed by atoms with Crippen LogP contribution in [0.5, 0.6) is 0 Å². The lowest BCUT2D eigenvalue weighted by molar-refractivity contribution is 0.0994. The first-order valence-corrected chi connectivity index (χ1v) is 6.38. The van der Waals surface area contributed by atoms with Gasteiger partial charge in [-0.1, -0.05) is 18.2 Å². The molecule has 1 aromatic heterocycles. The van der Waals surface area contributed by atoms with Crippen LogP contribution in [0.25, 0.3) is 0 Å². The summed E-state index contributed by atoms with van der Waals surface area (Å²) in [6.07, 6.45) is 0.924. The molecule has 0 spiro atoms. The quantitative estimate of drug-likeness (QED) is 0.838. The van der Waals surface area contributed by atoms with Crippen molar-refractivity contribution in [3.8, 4) is 0 Å². The number of para-hydroxylation sites is 1. The van der Waals surface area contributed by atoms with Crippen molar-refractivity contribution in [3.63, 3.8) is 0 Å². The zero-order chi connectivity index (χ0) is 11.8. The van der Waals surface area contributed by atoms with E-state index in [0.29, 0.717) is 10.6 Å². The van der Waals surface area contributed by atoms with E-state index in [1.807, 2.05) is 28.5 Å². The smallest absolute Gasteiger partial charge is 0.270 e. The minimum Gasteiger partial charge on any atom is -0.397 e. The van der Waals surface area contributed by atoms with E-state index in [0.717, 1.165) is 18.7 Å². The highest BCUT2D eigenvalue weighted by atomic mass is 32.1. The predicted octanol–water partition coefficient (Wildman–Crippen LogP) is 2.53. The van der Waals surface area contributed by atoms with Gasteiger partial charge in [0.25, 0.3) is 5.91 Å². The van der Waals surface area contributed by atoms with Gasteiger partial charge in [-0.2, -0.15) is 0 Å². The average molecular weight is 244 g/mol. The molecule has 3 rings (SSSR count). The van der Waals surface area contributed by atoms with Crippen LogP contribution in [-0.4, -0.2) is 12.5 Å². The maximum absolute atomic E-state index is 12.3. The Morgan fingerprint density at radius 1 is 1.29 bits per heavy atom. The van der Waals surface area contributed by atoms with Gasteiger partial charge in [-0.25, -0.2) is 0 Å². The van der Waals surface area contributed by atoms with E-state index in [-0.39, 0.29) is 5.91 Å². The monoisotopic (exact) mass is 244 g/mol. The number of carbonyl (C=O) groups excluding carboxylic acids is 1. The van der Waals surface area contributed by atoms with Crippen LogP contribution >= 0.6 is 11.3 Å². The lowest BCUT2D eigenvalue weighted by Gasteiger charge is -2.16. The molecule has 3 nitrogen and oxygen atoms in total. The molecule has 0 saturated heterocycles. The van der Waals surface area contributed by atoms with Crippen molar-refractivity contribution in [2.45, 2.75) is 6.42 Å². The van der Waals surface area contributed by atoms with Gasteiger partial charge in [-0.05, 0) is 29.5 Å². The predicted molar refractivity (Wildman–Crippen MR) is 70.6 cm³/mol. The summed E-state index contributed by atoms with van der Waals surface area (Å²) in [4.78, 5) is 14.8. The topological polar surface area (TPSA) is 46.3 Å². The highest BCUT2D eigenvalue weighted by Gasteiger charge is 2.26. The molecular weight excluding hydrogens is 232 g/mol. The molecule has 4 heteroatoms. The van der Waals surface area contributed by atoms with E-state index < -0.39 is 0 Å². The van der Waals surface area contributed by atoms with E-state index in [2.05, 4.69) is 6.07 Å². The number of rotatable bonds is 1. The molecule has 0 atom stereocenters. The second-order valence-electron chi connectivity index (χ2n) is 4.04. The van der Waals surface area contributed by atoms with E-state index in [4.69, 9.17) is 5.73 Å². The molecule has 0 saturated carbocycles. The number of thiophene rings is 1. The number of carbonyl (C=O) groups is 1. The van der Waals surface area contributed by atoms with Gasteiger partial charge in [0.15, 0.2) is 0 Å². The Kier molecular flexibility index (Phi) is 2.37. The molecule has 1 amide bonds. The largest absolute Gasteiger partial charge is 0.397 e. The molecule has 2 N–H and O–H groups in total. The summed E-state index contributed by atoms with van der Waals surface area (Å²) in [5.74, 6) is 0.0162. The van der Waals surface area contributed by atoms with Gasteiger partial charge < -0.3 is 10.6 Å². The summed E-state index contributed by atoms with van der Waals surface area (Å²) in [6.45, 7) is 0.746. The van der Waals surface area contributed by atoms with Crippen molar-refractivity contribution in [1.29, 1.82) is 0 Å². The van der Waals surface area contributed by atoms with Crippen LogP contribution in [0.4, 0.5) is 11.4 Å². The Morgan fingerprint density at radius 2 is 2.12 bits per heavy atom. The van der Waals surface area contributed by atoms with Gasteiger partial charge in [0, 0.05) is 12.2 Å². The lowest BCUT2D eigenvalue weighted by Crippen LogP contribution is -2.28. The van der Waals surface area contributed by atoms with Crippen molar-refractivity contribution in [2.24, 2.45) is 0 Å². The minimum absolute atomic E-state index is 0.0162. The van der Waals surface area contributed by atoms with Gasteiger partial charge in [-0.15, -0.1) is 11.3 Å². The Labute approximate surface area is 103 Å². The second-order valence-corrected chi connectivity index (χ2v) is 4.96. The number of fused-ring (bicyclic) bond motifs is 1. The summed E-state index contributed by atoms with van der Waals surface area (Å²) >= 11 is 1.40. The molecule has 0 aliphatic carbocycles. The first-order valence-electron chi connectivity index (χ1n) is 5.50. The Balaban J connectivity index is 1.98. The van der Waals surface area contributed by atoms with Crippen molar-refractivity contribution < 1.29 is 4.79 Å². The molecule has 86 valence electrons. The molecule has 2 aromatic rings. The SMILES string of the molecule is Nc1ccsc1C(=O)N1CCc2ccccc21. The van der Waals surface area contributed by atoms with Crippen LogP contribution < -0.4 is 10.6 Å². The van der Waals surface area contributed by atoms with Gasteiger partial charge in [-0.3, -0.25) is 4.79 Å². The molecule has 1 aliphatic heterocycles. The number of hydrogen-bond donors (Lipinski definition) is 1. The van der Waals surface area contributed by atoms with E-state index in [9.17, 15) is 4.79 Å². The molecule has 1 aromatic carbocycles. The number of nitrogens with two attached hydrogens (primary N) is 1. The molecule has 0 radical (unpaired) electrons. The number of benzene rings is 1. The van der Waals surface area contributed by atoms with Crippen LogP contribution in [0.1, 0.15) is 15.2 Å². The van der Waals surface area contributed by atoms with Gasteiger partial charge in [0.05, 0.1) is 5.69 Å². The zero-order valence-electron chi connectivity index (χ0n) is 9.22. The maximum atomic E-state index is 12.3. The van der Waals surface area contributed by atoms with Crippen LogP contribution in [0.15, 0.2) is 35.7 Å². The molecule has 0 fully saturated rings. The third-order valence-electron chi connectivity index (χ3n) is 3.02. The number of amides is 1. The first kappa shape index (κ1) is 10.4. The van der Waals surface area contributed by atoms with Crippen molar-refractivity contribution in [3.05, 3.63) is 46.2 Å². The van der Waals surface area contributed by atoms with Crippen LogP contribution in [-0.2, 0) is 6.42 Å². The normalized spacial score (nSPS) is 13.8. The fourth-order valence-corrected chi connectivity index (χ4v) is 2.93. The van der Waals surface area contributed by atoms with Crippen LogP contribution in [0, 0.1) is 0 Å². The minimum atomic E-state index is 0.0162. The second kappa shape index (κ2) is 3.89. The summed E-state index contributed by atoms with van der Waals surface area (Å²) < 4.78 is 0. The maximum Gasteiger partial charge on any atom is 0.270 e. The zero-order valence-corrected chi connectivity index (χ0v) is 10.0. The molecule has 0 bridgehead atoms. The summed E-state index contributed by atoms with van der Waals surface area (Å²) in [5, 5.41) is 1.85. The number of nitrogens with zero attached hydrogens (tertiary/aromatic N) is 1. The summed E-state index contributed by atoms with van der Waals surface area (Å²) in [6, 6.07) is 9.80. The van der Waals surface area contributed by atoms with Gasteiger partial charge in [0.2, 0.25) is 0 Å². The Bertz CT molecular complexity index is 576. The first-order chi connectivity index (χ1) is 8.27. The molecule has 0 unspecified atom stereocenters. The molecule has 17 heavy (non-hydrogen) atoms.